The molecule has 0 spiro atoms. The van der Waals surface area contributed by atoms with Crippen molar-refractivity contribution < 1.29 is 22.7 Å². The quantitative estimate of drug-likeness (QED) is 0.579. The molecule has 2 heterocycles. The maximum atomic E-state index is 12.5. The molecule has 10 heteroatoms. The molecule has 30 heavy (non-hydrogen) atoms. The van der Waals surface area contributed by atoms with Crippen LogP contribution in [-0.4, -0.2) is 80.6 Å². The minimum Gasteiger partial charge on any atom is -0.454 e. The van der Waals surface area contributed by atoms with E-state index in [1.807, 2.05) is 24.3 Å². The molecule has 0 aromatic heterocycles. The highest BCUT2D eigenvalue weighted by Gasteiger charge is 2.39. The Kier molecular flexibility index (Phi) is 7.60. The fraction of sp³-hybridized carbons (Fsp3) is 0.600. The first-order valence-electron chi connectivity index (χ1n) is 10.3. The molecule has 0 radical (unpaired) electrons. The molecule has 1 aromatic carbocycles. The zero-order valence-electron chi connectivity index (χ0n) is 17.1. The molecule has 1 unspecified atom stereocenters. The minimum atomic E-state index is -3.48. The Morgan fingerprint density at radius 2 is 1.90 bits per heavy atom. The summed E-state index contributed by atoms with van der Waals surface area (Å²) >= 11 is 6.04. The molecule has 3 rings (SSSR count). The first-order valence-corrected chi connectivity index (χ1v) is 12.2. The van der Waals surface area contributed by atoms with Crippen LogP contribution in [0.15, 0.2) is 24.3 Å². The number of carbonyl (C=O) groups excluding carboxylic acids is 2. The highest BCUT2D eigenvalue weighted by atomic mass is 35.5. The normalized spacial score (nSPS) is 20.4. The van der Waals surface area contributed by atoms with Crippen LogP contribution in [0, 0.1) is 0 Å². The van der Waals surface area contributed by atoms with Crippen LogP contribution >= 0.6 is 11.6 Å². The monoisotopic (exact) mass is 457 g/mol. The van der Waals surface area contributed by atoms with E-state index in [4.69, 9.17) is 16.3 Å². The van der Waals surface area contributed by atoms with Crippen molar-refractivity contribution in [3.05, 3.63) is 29.3 Å². The number of hydrogen-bond acceptors (Lipinski definition) is 6. The van der Waals surface area contributed by atoms with Crippen LogP contribution in [0.5, 0.6) is 0 Å². The van der Waals surface area contributed by atoms with Crippen LogP contribution in [0.25, 0.3) is 0 Å². The number of benzene rings is 1. The summed E-state index contributed by atoms with van der Waals surface area (Å²) in [6.45, 7) is 4.09. The third kappa shape index (κ3) is 5.44. The molecule has 2 fully saturated rings. The summed E-state index contributed by atoms with van der Waals surface area (Å²) in [7, 11) is -3.48. The molecule has 166 valence electrons. The largest absolute Gasteiger partial charge is 0.454 e. The molecular weight excluding hydrogens is 430 g/mol. The summed E-state index contributed by atoms with van der Waals surface area (Å²) in [4.78, 5) is 28.7. The molecule has 0 bridgehead atoms. The Labute approximate surface area is 182 Å². The van der Waals surface area contributed by atoms with Crippen LogP contribution in [0.2, 0.25) is 5.02 Å². The summed E-state index contributed by atoms with van der Waals surface area (Å²) in [5, 5.41) is 0.667. The number of piperazine rings is 1. The van der Waals surface area contributed by atoms with Crippen molar-refractivity contribution in [2.75, 3.05) is 50.0 Å². The van der Waals surface area contributed by atoms with Gasteiger partial charge in [-0.1, -0.05) is 24.6 Å². The van der Waals surface area contributed by atoms with Crippen molar-refractivity contribution >= 4 is 39.2 Å². The fourth-order valence-electron chi connectivity index (χ4n) is 3.89. The van der Waals surface area contributed by atoms with E-state index in [9.17, 15) is 18.0 Å². The Hall–Kier alpha value is -1.84. The second-order valence-corrected chi connectivity index (χ2v) is 10.0. The van der Waals surface area contributed by atoms with Gasteiger partial charge in [0.15, 0.2) is 6.61 Å². The van der Waals surface area contributed by atoms with E-state index in [0.717, 1.165) is 5.69 Å². The van der Waals surface area contributed by atoms with Gasteiger partial charge in [-0.3, -0.25) is 9.59 Å². The van der Waals surface area contributed by atoms with E-state index in [1.165, 1.54) is 4.31 Å². The first-order chi connectivity index (χ1) is 14.3. The molecule has 0 saturated carbocycles. The van der Waals surface area contributed by atoms with Gasteiger partial charge in [-0.2, -0.15) is 4.31 Å². The molecule has 0 aliphatic carbocycles. The molecule has 8 nitrogen and oxygen atoms in total. The molecule has 2 aliphatic heterocycles. The highest BCUT2D eigenvalue weighted by molar-refractivity contribution is 7.89. The number of sulfonamides is 1. The lowest BCUT2D eigenvalue weighted by Crippen LogP contribution is -2.50. The summed E-state index contributed by atoms with van der Waals surface area (Å²) in [6, 6.07) is 6.75. The van der Waals surface area contributed by atoms with Crippen LogP contribution in [0.4, 0.5) is 5.69 Å². The van der Waals surface area contributed by atoms with Gasteiger partial charge in [0.25, 0.3) is 5.91 Å². The molecule has 2 saturated heterocycles. The SMILES string of the molecule is CCCS(=O)(=O)N1CCCC1C(=O)OCC(=O)N1CCN(c2cccc(Cl)c2)CC1. The Morgan fingerprint density at radius 1 is 1.17 bits per heavy atom. The minimum absolute atomic E-state index is 0.00656. The van der Waals surface area contributed by atoms with E-state index >= 15 is 0 Å². The van der Waals surface area contributed by atoms with Gasteiger partial charge >= 0.3 is 5.97 Å². The van der Waals surface area contributed by atoms with Crippen molar-refractivity contribution in [1.82, 2.24) is 9.21 Å². The third-order valence-corrected chi connectivity index (χ3v) is 7.75. The number of esters is 1. The summed E-state index contributed by atoms with van der Waals surface area (Å²) < 4.78 is 31.1. The van der Waals surface area contributed by atoms with Crippen molar-refractivity contribution in [2.24, 2.45) is 0 Å². The maximum Gasteiger partial charge on any atom is 0.324 e. The zero-order chi connectivity index (χ0) is 21.7. The topological polar surface area (TPSA) is 87.2 Å². The van der Waals surface area contributed by atoms with E-state index < -0.39 is 22.0 Å². The Bertz CT molecular complexity index is 871. The number of ether oxygens (including phenoxy) is 1. The molecule has 0 N–H and O–H groups in total. The van der Waals surface area contributed by atoms with Crippen molar-refractivity contribution in [1.29, 1.82) is 0 Å². The maximum absolute atomic E-state index is 12.5. The molecule has 1 amide bonds. The number of rotatable bonds is 7. The van der Waals surface area contributed by atoms with Gasteiger partial charge in [-0.15, -0.1) is 0 Å². The second kappa shape index (κ2) is 9.98. The summed E-state index contributed by atoms with van der Waals surface area (Å²) in [6.07, 6.45) is 1.52. The van der Waals surface area contributed by atoms with E-state index in [1.54, 1.807) is 11.8 Å². The van der Waals surface area contributed by atoms with Gasteiger partial charge in [0.2, 0.25) is 10.0 Å². The standard InChI is InChI=1S/C20H28ClN3O5S/c1-2-13-30(27,28)24-8-4-7-18(24)20(26)29-15-19(25)23-11-9-22(10-12-23)17-6-3-5-16(21)14-17/h3,5-6,14,18H,2,4,7-13,15H2,1H3. The number of nitrogens with zero attached hydrogens (tertiary/aromatic N) is 3. The number of amides is 1. The summed E-state index contributed by atoms with van der Waals surface area (Å²) in [5.74, 6) is -0.903. The fourth-order valence-corrected chi connectivity index (χ4v) is 5.81. The average Bonchev–Trinajstić information content (AvgIpc) is 3.23. The molecule has 2 aliphatic rings. The van der Waals surface area contributed by atoms with Gasteiger partial charge in [-0.05, 0) is 37.5 Å². The number of halogens is 1. The van der Waals surface area contributed by atoms with E-state index in [-0.39, 0.29) is 18.3 Å². The van der Waals surface area contributed by atoms with Crippen molar-refractivity contribution in [2.45, 2.75) is 32.2 Å². The Morgan fingerprint density at radius 3 is 2.57 bits per heavy atom. The van der Waals surface area contributed by atoms with Crippen molar-refractivity contribution in [3.63, 3.8) is 0 Å². The van der Waals surface area contributed by atoms with Crippen molar-refractivity contribution in [3.8, 4) is 0 Å². The van der Waals surface area contributed by atoms with Gasteiger partial charge < -0.3 is 14.5 Å². The van der Waals surface area contributed by atoms with Crippen LogP contribution < -0.4 is 4.90 Å². The van der Waals surface area contributed by atoms with Crippen LogP contribution in [0.3, 0.4) is 0 Å². The second-order valence-electron chi connectivity index (χ2n) is 7.54. The lowest BCUT2D eigenvalue weighted by atomic mass is 10.2. The zero-order valence-corrected chi connectivity index (χ0v) is 18.7. The van der Waals surface area contributed by atoms with Crippen LogP contribution in [-0.2, 0) is 24.3 Å². The smallest absolute Gasteiger partial charge is 0.324 e. The molecular formula is C20H28ClN3O5S. The summed E-state index contributed by atoms with van der Waals surface area (Å²) in [5.41, 5.74) is 1.01. The van der Waals surface area contributed by atoms with E-state index in [0.29, 0.717) is 57.0 Å². The number of hydrogen-bond donors (Lipinski definition) is 0. The predicted octanol–water partition coefficient (Wildman–Crippen LogP) is 1.74. The van der Waals surface area contributed by atoms with Gasteiger partial charge in [0.05, 0.1) is 5.75 Å². The van der Waals surface area contributed by atoms with Crippen LogP contribution in [0.1, 0.15) is 26.2 Å². The van der Waals surface area contributed by atoms with Gasteiger partial charge in [0, 0.05) is 43.4 Å². The number of carbonyl (C=O) groups is 2. The average molecular weight is 458 g/mol. The molecule has 1 aromatic rings. The lowest BCUT2D eigenvalue weighted by molar-refractivity contribution is -0.154. The lowest BCUT2D eigenvalue weighted by Gasteiger charge is -2.36. The first kappa shape index (κ1) is 22.8. The Balaban J connectivity index is 1.48. The van der Waals surface area contributed by atoms with E-state index in [2.05, 4.69) is 4.90 Å². The number of anilines is 1. The van der Waals surface area contributed by atoms with Gasteiger partial charge in [-0.25, -0.2) is 8.42 Å². The third-order valence-electron chi connectivity index (χ3n) is 5.44. The predicted molar refractivity (Wildman–Crippen MR) is 115 cm³/mol. The highest BCUT2D eigenvalue weighted by Crippen LogP contribution is 2.23. The van der Waals surface area contributed by atoms with Gasteiger partial charge in [0.1, 0.15) is 6.04 Å². The molecule has 1 atom stereocenters.